The van der Waals surface area contributed by atoms with E-state index in [1.807, 2.05) is 38.1 Å². The van der Waals surface area contributed by atoms with Crippen LogP contribution in [0.2, 0.25) is 0 Å². The van der Waals surface area contributed by atoms with Crippen molar-refractivity contribution in [1.29, 1.82) is 5.26 Å². The first-order valence-electron chi connectivity index (χ1n) is 10.1. The highest BCUT2D eigenvalue weighted by atomic mass is 79.9. The maximum absolute atomic E-state index is 13.5. The molecular weight excluding hydrogens is 524 g/mol. The van der Waals surface area contributed by atoms with E-state index >= 15 is 0 Å². The van der Waals surface area contributed by atoms with Crippen molar-refractivity contribution in [1.82, 2.24) is 10.2 Å². The van der Waals surface area contributed by atoms with Crippen LogP contribution in [0.5, 0.6) is 0 Å². The van der Waals surface area contributed by atoms with Gasteiger partial charge in [0.2, 0.25) is 11.0 Å². The monoisotopic (exact) mass is 544 g/mol. The summed E-state index contributed by atoms with van der Waals surface area (Å²) in [5.74, 6) is -0.698. The summed E-state index contributed by atoms with van der Waals surface area (Å²) in [6.45, 7) is 4.07. The van der Waals surface area contributed by atoms with Crippen LogP contribution in [0, 0.1) is 16.7 Å². The molecule has 1 atom stereocenters. The van der Waals surface area contributed by atoms with E-state index in [1.165, 1.54) is 23.1 Å². The number of hydrogen-bond donors (Lipinski definition) is 2. The molecule has 2 heterocycles. The third-order valence-corrected chi connectivity index (χ3v) is 8.10. The number of aromatic nitrogens is 2. The second-order valence-corrected chi connectivity index (χ2v) is 11.7. The molecular formula is C22H21BrN6O2S2. The fourth-order valence-electron chi connectivity index (χ4n) is 4.20. The molecule has 0 bridgehead atoms. The molecule has 1 aliphatic heterocycles. The maximum atomic E-state index is 13.5. The molecule has 2 aliphatic rings. The highest BCUT2D eigenvalue weighted by Gasteiger charge is 2.45. The van der Waals surface area contributed by atoms with Gasteiger partial charge in [0.1, 0.15) is 5.82 Å². The average molecular weight is 545 g/mol. The molecule has 1 amide bonds. The van der Waals surface area contributed by atoms with Gasteiger partial charge >= 0.3 is 0 Å². The number of amides is 1. The number of hydrogen-bond acceptors (Lipinski definition) is 9. The molecule has 1 aromatic carbocycles. The molecule has 33 heavy (non-hydrogen) atoms. The number of rotatable bonds is 5. The third kappa shape index (κ3) is 4.55. The van der Waals surface area contributed by atoms with E-state index in [1.54, 1.807) is 4.90 Å². The Morgan fingerprint density at radius 3 is 2.67 bits per heavy atom. The van der Waals surface area contributed by atoms with Crippen LogP contribution in [0.1, 0.15) is 38.2 Å². The minimum atomic E-state index is -0.547. The Labute approximate surface area is 207 Å². The average Bonchev–Trinajstić information content (AvgIpc) is 3.19. The van der Waals surface area contributed by atoms with Crippen LogP contribution in [0.25, 0.3) is 0 Å². The molecule has 1 aromatic heterocycles. The van der Waals surface area contributed by atoms with Gasteiger partial charge in [0.25, 0.3) is 0 Å². The number of halogens is 1. The van der Waals surface area contributed by atoms with Crippen molar-refractivity contribution in [3.8, 4) is 6.07 Å². The van der Waals surface area contributed by atoms with Crippen LogP contribution in [0.15, 0.2) is 55.7 Å². The first-order chi connectivity index (χ1) is 15.6. The lowest BCUT2D eigenvalue weighted by Gasteiger charge is -2.42. The summed E-state index contributed by atoms with van der Waals surface area (Å²) in [7, 11) is 0. The summed E-state index contributed by atoms with van der Waals surface area (Å²) < 4.78 is 1.45. The Balaban J connectivity index is 1.88. The number of anilines is 1. The number of nitriles is 1. The Morgan fingerprint density at radius 1 is 1.33 bits per heavy atom. The zero-order valence-corrected chi connectivity index (χ0v) is 21.2. The smallest absolute Gasteiger partial charge is 0.227 e. The molecule has 0 saturated carbocycles. The van der Waals surface area contributed by atoms with Gasteiger partial charge in [-0.2, -0.15) is 5.26 Å². The Kier molecular flexibility index (Phi) is 6.35. The van der Waals surface area contributed by atoms with E-state index in [0.29, 0.717) is 33.5 Å². The zero-order chi connectivity index (χ0) is 23.9. The van der Waals surface area contributed by atoms with Gasteiger partial charge in [0, 0.05) is 22.2 Å². The topological polar surface area (TPSA) is 139 Å². The van der Waals surface area contributed by atoms with Crippen molar-refractivity contribution in [3.63, 3.8) is 0 Å². The number of benzene rings is 1. The van der Waals surface area contributed by atoms with Gasteiger partial charge in [-0.25, -0.2) is 0 Å². The quantitative estimate of drug-likeness (QED) is 0.541. The summed E-state index contributed by atoms with van der Waals surface area (Å²) >= 11 is 5.86. The van der Waals surface area contributed by atoms with E-state index in [0.717, 1.165) is 15.7 Å². The zero-order valence-electron chi connectivity index (χ0n) is 18.0. The number of carbonyl (C=O) groups is 2. The van der Waals surface area contributed by atoms with Crippen molar-refractivity contribution in [2.75, 3.05) is 10.7 Å². The SMILES string of the molecule is CC1(C)CC(=O)C2=C(C1)N(c1nnc(SCC(N)=O)s1)C(N)=C(C#N)C2c1ccc(Br)cc1. The Bertz CT molecular complexity index is 1240. The predicted molar refractivity (Wildman–Crippen MR) is 131 cm³/mol. The van der Waals surface area contributed by atoms with Gasteiger partial charge in [0.15, 0.2) is 10.1 Å². The number of Topliss-reactive ketones (excluding diaryl/α,β-unsaturated/α-hetero) is 1. The lowest BCUT2D eigenvalue weighted by molar-refractivity contribution is -0.118. The largest absolute Gasteiger partial charge is 0.384 e. The highest BCUT2D eigenvalue weighted by molar-refractivity contribution is 9.10. The van der Waals surface area contributed by atoms with E-state index in [4.69, 9.17) is 11.5 Å². The molecule has 1 unspecified atom stereocenters. The number of carbonyl (C=O) groups excluding carboxylic acids is 2. The van der Waals surface area contributed by atoms with Crippen molar-refractivity contribution in [3.05, 3.63) is 57.0 Å². The molecule has 0 radical (unpaired) electrons. The van der Waals surface area contributed by atoms with E-state index < -0.39 is 11.8 Å². The maximum Gasteiger partial charge on any atom is 0.227 e. The normalized spacial score (nSPS) is 20.0. The van der Waals surface area contributed by atoms with Crippen LogP contribution in [0.4, 0.5) is 5.13 Å². The predicted octanol–water partition coefficient (Wildman–Crippen LogP) is 3.82. The molecule has 11 heteroatoms. The van der Waals surface area contributed by atoms with Gasteiger partial charge in [-0.1, -0.05) is 65.0 Å². The Hall–Kier alpha value is -2.68. The molecule has 4 N–H and O–H groups in total. The summed E-state index contributed by atoms with van der Waals surface area (Å²) in [6.07, 6.45) is 0.963. The summed E-state index contributed by atoms with van der Waals surface area (Å²) in [5.41, 5.74) is 14.0. The highest BCUT2D eigenvalue weighted by Crippen LogP contribution is 2.50. The van der Waals surface area contributed by atoms with E-state index in [9.17, 15) is 14.9 Å². The molecule has 4 rings (SSSR count). The molecule has 0 saturated heterocycles. The van der Waals surface area contributed by atoms with Crippen molar-refractivity contribution in [2.24, 2.45) is 16.9 Å². The number of nitrogens with two attached hydrogens (primary N) is 2. The van der Waals surface area contributed by atoms with Crippen LogP contribution in [-0.4, -0.2) is 27.6 Å². The number of thioether (sulfide) groups is 1. The minimum Gasteiger partial charge on any atom is -0.384 e. The number of ketones is 1. The molecule has 1 aliphatic carbocycles. The standard InChI is InChI=1S/C22H21BrN6O2S2/c1-22(2)7-14-18(15(30)8-22)17(11-3-5-12(23)6-4-11)13(9-24)19(26)29(14)20-27-28-21(33-20)32-10-16(25)31/h3-6,17H,7-8,10,26H2,1-2H3,(H2,25,31). The fourth-order valence-corrected chi connectivity index (χ4v) is 6.08. The van der Waals surface area contributed by atoms with Gasteiger partial charge in [-0.3, -0.25) is 14.5 Å². The second-order valence-electron chi connectivity index (χ2n) is 8.64. The molecule has 0 fully saturated rings. The Morgan fingerprint density at radius 2 is 2.03 bits per heavy atom. The third-order valence-electron chi connectivity index (χ3n) is 5.51. The minimum absolute atomic E-state index is 0.00717. The number of allylic oxidation sites excluding steroid dienone is 3. The van der Waals surface area contributed by atoms with Crippen molar-refractivity contribution in [2.45, 2.75) is 36.9 Å². The fraction of sp³-hybridized carbons (Fsp3) is 0.318. The second kappa shape index (κ2) is 8.93. The van der Waals surface area contributed by atoms with Crippen LogP contribution >= 0.6 is 39.0 Å². The van der Waals surface area contributed by atoms with Crippen molar-refractivity contribution >= 4 is 55.9 Å². The van der Waals surface area contributed by atoms with Crippen LogP contribution < -0.4 is 16.4 Å². The number of nitrogens with zero attached hydrogens (tertiary/aromatic N) is 4. The first kappa shape index (κ1) is 23.5. The van der Waals surface area contributed by atoms with E-state index in [2.05, 4.69) is 32.2 Å². The van der Waals surface area contributed by atoms with Crippen LogP contribution in [0.3, 0.4) is 0 Å². The molecule has 8 nitrogen and oxygen atoms in total. The van der Waals surface area contributed by atoms with Crippen LogP contribution in [-0.2, 0) is 9.59 Å². The molecule has 170 valence electrons. The summed E-state index contributed by atoms with van der Waals surface area (Å²) in [4.78, 5) is 26.3. The first-order valence-corrected chi connectivity index (χ1v) is 12.7. The lowest BCUT2D eigenvalue weighted by Crippen LogP contribution is -2.42. The van der Waals surface area contributed by atoms with Gasteiger partial charge in [-0.15, -0.1) is 10.2 Å². The summed E-state index contributed by atoms with van der Waals surface area (Å²) in [5, 5.41) is 18.9. The summed E-state index contributed by atoms with van der Waals surface area (Å²) in [6, 6.07) is 9.81. The molecule has 0 spiro atoms. The van der Waals surface area contributed by atoms with Crippen molar-refractivity contribution < 1.29 is 9.59 Å². The van der Waals surface area contributed by atoms with Gasteiger partial charge < -0.3 is 11.5 Å². The van der Waals surface area contributed by atoms with E-state index in [-0.39, 0.29) is 22.8 Å². The lowest BCUT2D eigenvalue weighted by atomic mass is 9.69. The number of primary amides is 1. The van der Waals surface area contributed by atoms with Gasteiger partial charge in [-0.05, 0) is 29.5 Å². The molecule has 2 aromatic rings. The van der Waals surface area contributed by atoms with Gasteiger partial charge in [0.05, 0.1) is 23.3 Å².